The topological polar surface area (TPSA) is 40.5 Å². The van der Waals surface area contributed by atoms with Crippen molar-refractivity contribution in [3.8, 4) is 0 Å². The molecule has 2 aromatic carbocycles. The molecule has 1 saturated heterocycles. The molecule has 0 bridgehead atoms. The first-order chi connectivity index (χ1) is 18.6. The highest BCUT2D eigenvalue weighted by Gasteiger charge is 2.56. The summed E-state index contributed by atoms with van der Waals surface area (Å²) < 4.78 is 69.1. The standard InChI is InChI=1S/C32H38F5NO2/c1-29(2,40)23-9-6-21(7-10-23)28(39)38-17-16-31(19-20-4-12-25(33)13-5-20)26-14-11-24(30(3,34)32(35,36)37)18-22(26)8-15-27(31)38/h4-5,11-14,18,21,23,27,40H,6-10,15-17,19H2,1-3H3/t21?,23?,27-,30?,31-/m1/s1. The lowest BCUT2D eigenvalue weighted by Gasteiger charge is -2.45. The van der Waals surface area contributed by atoms with Crippen molar-refractivity contribution in [1.82, 2.24) is 4.90 Å². The molecule has 2 fully saturated rings. The summed E-state index contributed by atoms with van der Waals surface area (Å²) in [4.78, 5) is 15.9. The number of rotatable bonds is 5. The average Bonchev–Trinajstić information content (AvgIpc) is 3.27. The Hall–Kier alpha value is -2.48. The van der Waals surface area contributed by atoms with Crippen molar-refractivity contribution in [3.63, 3.8) is 0 Å². The van der Waals surface area contributed by atoms with Gasteiger partial charge in [-0.25, -0.2) is 8.78 Å². The first-order valence-electron chi connectivity index (χ1n) is 14.3. The number of nitrogens with zero attached hydrogens (tertiary/aromatic N) is 1. The molecule has 0 aromatic heterocycles. The molecule has 3 atom stereocenters. The highest BCUT2D eigenvalue weighted by Crippen LogP contribution is 2.51. The van der Waals surface area contributed by atoms with Gasteiger partial charge in [0.2, 0.25) is 11.6 Å². The highest BCUT2D eigenvalue weighted by molar-refractivity contribution is 5.80. The number of alkyl halides is 4. The van der Waals surface area contributed by atoms with E-state index < -0.39 is 28.4 Å². The Morgan fingerprint density at radius 1 is 0.975 bits per heavy atom. The van der Waals surface area contributed by atoms with E-state index in [1.807, 2.05) is 18.7 Å². The van der Waals surface area contributed by atoms with Gasteiger partial charge in [0.15, 0.2) is 0 Å². The first-order valence-corrected chi connectivity index (χ1v) is 14.3. The quantitative estimate of drug-likeness (QED) is 0.392. The molecule has 1 unspecified atom stereocenters. The van der Waals surface area contributed by atoms with Crippen LogP contribution in [-0.2, 0) is 28.7 Å². The molecule has 1 N–H and O–H groups in total. The number of benzene rings is 2. The molecule has 1 amide bonds. The van der Waals surface area contributed by atoms with E-state index in [-0.39, 0.29) is 29.6 Å². The fourth-order valence-corrected chi connectivity index (χ4v) is 7.53. The minimum Gasteiger partial charge on any atom is -0.390 e. The summed E-state index contributed by atoms with van der Waals surface area (Å²) in [5, 5.41) is 10.4. The van der Waals surface area contributed by atoms with E-state index in [0.717, 1.165) is 24.0 Å². The average molecular weight is 564 g/mol. The van der Waals surface area contributed by atoms with Gasteiger partial charge in [-0.05, 0) is 112 Å². The van der Waals surface area contributed by atoms with Crippen LogP contribution in [-0.4, -0.2) is 40.3 Å². The zero-order valence-electron chi connectivity index (χ0n) is 23.3. The van der Waals surface area contributed by atoms with Gasteiger partial charge >= 0.3 is 6.18 Å². The van der Waals surface area contributed by atoms with Crippen molar-refractivity contribution in [2.45, 2.75) is 101 Å². The van der Waals surface area contributed by atoms with E-state index in [2.05, 4.69) is 0 Å². The summed E-state index contributed by atoms with van der Waals surface area (Å²) in [6.07, 6.45) is 0.106. The molecule has 3 aliphatic rings. The highest BCUT2D eigenvalue weighted by atomic mass is 19.4. The predicted molar refractivity (Wildman–Crippen MR) is 143 cm³/mol. The fraction of sp³-hybridized carbons (Fsp3) is 0.594. The Morgan fingerprint density at radius 3 is 2.23 bits per heavy atom. The maximum absolute atomic E-state index is 14.9. The first kappa shape index (κ1) is 29.0. The van der Waals surface area contributed by atoms with Crippen molar-refractivity contribution < 1.29 is 31.9 Å². The van der Waals surface area contributed by atoms with E-state index in [1.165, 1.54) is 24.3 Å². The molecule has 1 heterocycles. The van der Waals surface area contributed by atoms with Gasteiger partial charge in [-0.2, -0.15) is 13.2 Å². The summed E-state index contributed by atoms with van der Waals surface area (Å²) in [7, 11) is 0. The number of carbonyl (C=O) groups is 1. The number of aliphatic hydroxyl groups is 1. The minimum absolute atomic E-state index is 0.105. The molecule has 0 radical (unpaired) electrons. The number of amides is 1. The Bertz CT molecular complexity index is 1240. The van der Waals surface area contributed by atoms with E-state index >= 15 is 0 Å². The molecule has 2 aromatic rings. The lowest BCUT2D eigenvalue weighted by molar-refractivity contribution is -0.228. The molecule has 0 spiro atoms. The Morgan fingerprint density at radius 2 is 1.62 bits per heavy atom. The zero-order valence-corrected chi connectivity index (χ0v) is 23.3. The van der Waals surface area contributed by atoms with Crippen LogP contribution in [0.3, 0.4) is 0 Å². The number of hydrogen-bond acceptors (Lipinski definition) is 2. The smallest absolute Gasteiger partial charge is 0.390 e. The van der Waals surface area contributed by atoms with Crippen LogP contribution >= 0.6 is 0 Å². The lowest BCUT2D eigenvalue weighted by Crippen LogP contribution is -2.51. The van der Waals surface area contributed by atoms with Gasteiger partial charge in [0.05, 0.1) is 5.60 Å². The molecular formula is C32H38F5NO2. The molecule has 3 nitrogen and oxygen atoms in total. The van der Waals surface area contributed by atoms with Crippen LogP contribution in [0, 0.1) is 17.7 Å². The van der Waals surface area contributed by atoms with Crippen LogP contribution < -0.4 is 0 Å². The van der Waals surface area contributed by atoms with Crippen molar-refractivity contribution in [2.75, 3.05) is 6.54 Å². The number of fused-ring (bicyclic) bond motifs is 3. The van der Waals surface area contributed by atoms with Gasteiger partial charge in [-0.3, -0.25) is 4.79 Å². The molecule has 5 rings (SSSR count). The second-order valence-electron chi connectivity index (χ2n) is 12.9. The van der Waals surface area contributed by atoms with Gasteiger partial charge in [0.1, 0.15) is 5.82 Å². The molecule has 218 valence electrons. The molecule has 40 heavy (non-hydrogen) atoms. The Kier molecular flexibility index (Phi) is 7.33. The second kappa shape index (κ2) is 10.1. The molecule has 2 aliphatic carbocycles. The van der Waals surface area contributed by atoms with Crippen LogP contribution in [0.5, 0.6) is 0 Å². The van der Waals surface area contributed by atoms with Crippen molar-refractivity contribution >= 4 is 5.91 Å². The van der Waals surface area contributed by atoms with E-state index in [9.17, 15) is 31.9 Å². The number of hydrogen-bond donors (Lipinski definition) is 1. The Balaban J connectivity index is 1.48. The maximum atomic E-state index is 14.9. The van der Waals surface area contributed by atoms with Gasteiger partial charge in [0, 0.05) is 23.9 Å². The van der Waals surface area contributed by atoms with Gasteiger partial charge < -0.3 is 10.0 Å². The third-order valence-electron chi connectivity index (χ3n) is 10.0. The predicted octanol–water partition coefficient (Wildman–Crippen LogP) is 7.18. The van der Waals surface area contributed by atoms with Crippen LogP contribution in [0.1, 0.15) is 81.5 Å². The summed E-state index contributed by atoms with van der Waals surface area (Å²) >= 11 is 0. The SMILES string of the molecule is CC(C)(O)C1CCC(C(=O)N2CC[C@@]3(Cc4ccc(F)cc4)c4ccc(C(C)(F)C(F)(F)F)cc4CC[C@@H]23)CC1. The van der Waals surface area contributed by atoms with Crippen LogP contribution in [0.25, 0.3) is 0 Å². The van der Waals surface area contributed by atoms with Gasteiger partial charge in [0.25, 0.3) is 0 Å². The van der Waals surface area contributed by atoms with Crippen LogP contribution in [0.15, 0.2) is 42.5 Å². The normalized spacial score (nSPS) is 28.5. The monoisotopic (exact) mass is 563 g/mol. The maximum Gasteiger partial charge on any atom is 0.426 e. The van der Waals surface area contributed by atoms with Crippen LogP contribution in [0.4, 0.5) is 22.0 Å². The second-order valence-corrected chi connectivity index (χ2v) is 12.9. The number of halogens is 5. The summed E-state index contributed by atoms with van der Waals surface area (Å²) in [6, 6.07) is 10.3. The van der Waals surface area contributed by atoms with Crippen molar-refractivity contribution in [3.05, 3.63) is 70.5 Å². The molecule has 8 heteroatoms. The third kappa shape index (κ3) is 5.05. The summed E-state index contributed by atoms with van der Waals surface area (Å²) in [6.45, 7) is 4.71. The molecule has 1 aliphatic heterocycles. The largest absolute Gasteiger partial charge is 0.426 e. The van der Waals surface area contributed by atoms with Crippen LogP contribution in [0.2, 0.25) is 0 Å². The van der Waals surface area contributed by atoms with E-state index in [1.54, 1.807) is 18.2 Å². The van der Waals surface area contributed by atoms with Gasteiger partial charge in [-0.1, -0.05) is 30.3 Å². The number of carbonyl (C=O) groups excluding carboxylic acids is 1. The van der Waals surface area contributed by atoms with Gasteiger partial charge in [-0.15, -0.1) is 0 Å². The Labute approximate surface area is 232 Å². The lowest BCUT2D eigenvalue weighted by atomic mass is 9.63. The molecule has 1 saturated carbocycles. The number of likely N-dealkylation sites (tertiary alicyclic amines) is 1. The van der Waals surface area contributed by atoms with E-state index in [0.29, 0.717) is 57.6 Å². The molecular weight excluding hydrogens is 525 g/mol. The van der Waals surface area contributed by atoms with Crippen molar-refractivity contribution in [2.24, 2.45) is 11.8 Å². The fourth-order valence-electron chi connectivity index (χ4n) is 7.53. The summed E-state index contributed by atoms with van der Waals surface area (Å²) in [5.41, 5.74) is -2.80. The minimum atomic E-state index is -5.04. The number of aryl methyl sites for hydroxylation is 1. The zero-order chi connectivity index (χ0) is 29.1. The third-order valence-corrected chi connectivity index (χ3v) is 10.0. The van der Waals surface area contributed by atoms with E-state index in [4.69, 9.17) is 0 Å². The summed E-state index contributed by atoms with van der Waals surface area (Å²) in [5.74, 6) is -0.219. The van der Waals surface area contributed by atoms with Crippen molar-refractivity contribution in [1.29, 1.82) is 0 Å².